The third-order valence-electron chi connectivity index (χ3n) is 10.5. The average Bonchev–Trinajstić information content (AvgIpc) is 3.12. The molecule has 0 radical (unpaired) electrons. The molecule has 0 spiro atoms. The van der Waals surface area contributed by atoms with Gasteiger partial charge in [-0.25, -0.2) is 0 Å². The van der Waals surface area contributed by atoms with Gasteiger partial charge in [0.05, 0.1) is 28.4 Å². The maximum Gasteiger partial charge on any atom is 0.151 e. The summed E-state index contributed by atoms with van der Waals surface area (Å²) < 4.78 is 6.23. The maximum atomic E-state index is 6.23. The molecule has 0 bridgehead atoms. The van der Waals surface area contributed by atoms with Crippen molar-refractivity contribution < 1.29 is 4.74 Å². The van der Waals surface area contributed by atoms with Gasteiger partial charge in [0.2, 0.25) is 0 Å². The van der Waals surface area contributed by atoms with Crippen molar-refractivity contribution in [1.82, 2.24) is 0 Å². The van der Waals surface area contributed by atoms with Crippen LogP contribution in [0.5, 0.6) is 11.5 Å². The zero-order chi connectivity index (χ0) is 38.3. The first kappa shape index (κ1) is 37.4. The van der Waals surface area contributed by atoms with Crippen LogP contribution in [0.25, 0.3) is 0 Å². The van der Waals surface area contributed by atoms with Gasteiger partial charge in [-0.2, -0.15) is 0 Å². The minimum atomic E-state index is 0.149. The van der Waals surface area contributed by atoms with Gasteiger partial charge in [-0.3, -0.25) is 0 Å². The van der Waals surface area contributed by atoms with Gasteiger partial charge in [0.15, 0.2) is 11.5 Å². The molecule has 0 saturated heterocycles. The first-order chi connectivity index (χ1) is 25.8. The van der Waals surface area contributed by atoms with E-state index in [2.05, 4.69) is 188 Å². The summed E-state index contributed by atoms with van der Waals surface area (Å²) in [5, 5.41) is 0. The van der Waals surface area contributed by atoms with Crippen LogP contribution in [0.1, 0.15) is 85.0 Å². The largest absolute Gasteiger partial charge is 0.453 e. The molecular formula is C50H54N2OS. The molecule has 6 aromatic rings. The number of benzene rings is 6. The van der Waals surface area contributed by atoms with Crippen LogP contribution in [0, 0.1) is 41.5 Å². The van der Waals surface area contributed by atoms with Crippen LogP contribution in [0.15, 0.2) is 119 Å². The highest BCUT2D eigenvalue weighted by Gasteiger charge is 2.29. The summed E-state index contributed by atoms with van der Waals surface area (Å²) in [6.07, 6.45) is 3.61. The maximum absolute atomic E-state index is 6.23. The number of rotatable bonds is 5. The fourth-order valence-corrected chi connectivity index (χ4v) is 8.76. The Labute approximate surface area is 328 Å². The first-order valence-corrected chi connectivity index (χ1v) is 20.2. The topological polar surface area (TPSA) is 15.7 Å². The predicted molar refractivity (Wildman–Crippen MR) is 232 cm³/mol. The van der Waals surface area contributed by atoms with Gasteiger partial charge >= 0.3 is 0 Å². The minimum Gasteiger partial charge on any atom is -0.453 e. The summed E-state index contributed by atoms with van der Waals surface area (Å²) in [5.74, 6) is 1.83. The highest BCUT2D eigenvalue weighted by molar-refractivity contribution is 7.99. The lowest BCUT2D eigenvalue weighted by molar-refractivity contribution is 0.476. The van der Waals surface area contributed by atoms with Crippen LogP contribution in [0.2, 0.25) is 0 Å². The molecule has 6 aromatic carbocycles. The van der Waals surface area contributed by atoms with Gasteiger partial charge < -0.3 is 14.5 Å². The van der Waals surface area contributed by atoms with Crippen molar-refractivity contribution in [2.75, 3.05) is 9.80 Å². The number of nitrogens with zero attached hydrogens (tertiary/aromatic N) is 2. The fourth-order valence-electron chi connectivity index (χ4n) is 7.50. The number of hydrogen-bond acceptors (Lipinski definition) is 4. The Morgan fingerprint density at radius 1 is 0.537 bits per heavy atom. The van der Waals surface area contributed by atoms with E-state index in [1.807, 2.05) is 11.8 Å². The average molecular weight is 731 g/mol. The molecule has 0 saturated carbocycles. The van der Waals surface area contributed by atoms with E-state index < -0.39 is 0 Å². The third-order valence-corrected chi connectivity index (χ3v) is 11.6. The molecule has 0 aliphatic carbocycles. The number of hydrogen-bond donors (Lipinski definition) is 0. The second-order valence-electron chi connectivity index (χ2n) is 16.2. The number of unbranched alkanes of at least 4 members (excludes halogenated alkanes) is 1. The molecule has 0 unspecified atom stereocenters. The normalized spacial score (nSPS) is 12.9. The van der Waals surface area contributed by atoms with Crippen LogP contribution in [-0.2, 0) is 11.8 Å². The molecule has 0 N–H and O–H groups in total. The highest BCUT2D eigenvalue weighted by Crippen LogP contribution is 2.54. The van der Waals surface area contributed by atoms with E-state index >= 15 is 0 Å². The number of aryl methyl sites for hydroxylation is 7. The van der Waals surface area contributed by atoms with Crippen molar-refractivity contribution in [3.05, 3.63) is 154 Å². The molecule has 4 heteroatoms. The summed E-state index contributed by atoms with van der Waals surface area (Å²) in [5.41, 5.74) is 17.8. The summed E-state index contributed by atoms with van der Waals surface area (Å²) in [7, 11) is 0. The van der Waals surface area contributed by atoms with Crippen LogP contribution in [-0.4, -0.2) is 0 Å². The van der Waals surface area contributed by atoms with Gasteiger partial charge in [0.1, 0.15) is 0 Å². The van der Waals surface area contributed by atoms with Crippen molar-refractivity contribution in [1.29, 1.82) is 0 Å². The Kier molecular flexibility index (Phi) is 10.4. The van der Waals surface area contributed by atoms with E-state index in [-0.39, 0.29) is 5.41 Å². The van der Waals surface area contributed by atoms with E-state index in [0.29, 0.717) is 0 Å². The van der Waals surface area contributed by atoms with E-state index in [0.717, 1.165) is 29.3 Å². The number of ether oxygens (including phenoxy) is 1. The Hall–Kier alpha value is -4.93. The Morgan fingerprint density at radius 3 is 1.46 bits per heavy atom. The molecule has 0 fully saturated rings. The first-order valence-electron chi connectivity index (χ1n) is 19.4. The lowest BCUT2D eigenvalue weighted by Crippen LogP contribution is -2.19. The van der Waals surface area contributed by atoms with Crippen molar-refractivity contribution in [3.8, 4) is 11.5 Å². The molecule has 0 amide bonds. The smallest absolute Gasteiger partial charge is 0.151 e. The zero-order valence-corrected chi connectivity index (χ0v) is 34.5. The van der Waals surface area contributed by atoms with Crippen LogP contribution in [0.3, 0.4) is 0 Å². The molecular weight excluding hydrogens is 677 g/mol. The Bertz CT molecular complexity index is 2210. The molecule has 2 aliphatic heterocycles. The minimum absolute atomic E-state index is 0.149. The van der Waals surface area contributed by atoms with Crippen molar-refractivity contribution in [3.63, 3.8) is 0 Å². The SMILES string of the molecule is CCCCc1ccc(N2c3ccc(C)cc3Oc3cc(C)ccc32)cc1.Cc1ccc2c(c1)Sc1cc(C)ccc1N2c1c(C)cc(C(C)(C)C)cc1C. The lowest BCUT2D eigenvalue weighted by atomic mass is 9.84. The van der Waals surface area contributed by atoms with Gasteiger partial charge in [0.25, 0.3) is 0 Å². The Balaban J connectivity index is 0.000000167. The lowest BCUT2D eigenvalue weighted by Gasteiger charge is -2.36. The molecule has 2 aliphatic rings. The summed E-state index contributed by atoms with van der Waals surface area (Å²) >= 11 is 1.89. The quantitative estimate of drug-likeness (QED) is 0.175. The molecule has 2 heterocycles. The number of fused-ring (bicyclic) bond motifs is 4. The fraction of sp³-hybridized carbons (Fsp3) is 0.280. The van der Waals surface area contributed by atoms with Crippen LogP contribution >= 0.6 is 11.8 Å². The van der Waals surface area contributed by atoms with Gasteiger partial charge in [-0.15, -0.1) is 0 Å². The summed E-state index contributed by atoms with van der Waals surface area (Å²) in [4.78, 5) is 7.43. The monoisotopic (exact) mass is 730 g/mol. The van der Waals surface area contributed by atoms with E-state index in [1.54, 1.807) is 0 Å². The Morgan fingerprint density at radius 2 is 1.00 bits per heavy atom. The van der Waals surface area contributed by atoms with E-state index in [1.165, 1.54) is 89.9 Å². The zero-order valence-electron chi connectivity index (χ0n) is 33.7. The second-order valence-corrected chi connectivity index (χ2v) is 17.3. The summed E-state index contributed by atoms with van der Waals surface area (Å²) in [6.45, 7) is 22.1. The standard InChI is InChI=1S/C26H29NS.C24H25NO/c1-16-8-10-21-23(12-16)28-24-13-17(2)9-11-22(24)27(21)25-18(3)14-20(15-19(25)4)26(5,6)7;1-4-5-6-19-9-11-20(12-10-19)25-21-13-7-17(2)15-23(21)26-24-16-18(3)8-14-22(24)25/h8-15H,1-7H3;7-16H,4-6H2,1-3H3. The molecule has 276 valence electrons. The van der Waals surface area contributed by atoms with Crippen LogP contribution < -0.4 is 14.5 Å². The van der Waals surface area contributed by atoms with Crippen LogP contribution in [0.4, 0.5) is 34.1 Å². The second kappa shape index (κ2) is 15.1. The summed E-state index contributed by atoms with van der Waals surface area (Å²) in [6, 6.07) is 40.1. The van der Waals surface area contributed by atoms with Crippen molar-refractivity contribution >= 4 is 45.9 Å². The van der Waals surface area contributed by atoms with Crippen molar-refractivity contribution in [2.45, 2.75) is 104 Å². The van der Waals surface area contributed by atoms with Gasteiger partial charge in [-0.1, -0.05) is 94.4 Å². The molecule has 0 aromatic heterocycles. The highest BCUT2D eigenvalue weighted by atomic mass is 32.2. The molecule has 3 nitrogen and oxygen atoms in total. The van der Waals surface area contributed by atoms with Crippen molar-refractivity contribution in [2.24, 2.45) is 0 Å². The van der Waals surface area contributed by atoms with Gasteiger partial charge in [-0.05, 0) is 165 Å². The predicted octanol–water partition coefficient (Wildman–Crippen LogP) is 15.4. The van der Waals surface area contributed by atoms with E-state index in [9.17, 15) is 0 Å². The van der Waals surface area contributed by atoms with E-state index in [4.69, 9.17) is 4.74 Å². The molecule has 8 rings (SSSR count). The van der Waals surface area contributed by atoms with Gasteiger partial charge in [0, 0.05) is 15.5 Å². The third kappa shape index (κ3) is 7.54. The molecule has 54 heavy (non-hydrogen) atoms. The molecule has 0 atom stereocenters. The number of anilines is 6.